The predicted octanol–water partition coefficient (Wildman–Crippen LogP) is 2.97. The Labute approximate surface area is 139 Å². The molecule has 4 aromatic rings. The van der Waals surface area contributed by atoms with Crippen LogP contribution in [0.2, 0.25) is 0 Å². The minimum Gasteiger partial charge on any atom is -0.399 e. The van der Waals surface area contributed by atoms with E-state index >= 15 is 0 Å². The summed E-state index contributed by atoms with van der Waals surface area (Å²) in [5, 5.41) is 15.2. The minimum atomic E-state index is 0.668. The normalized spacial score (nSPS) is 10.8. The van der Waals surface area contributed by atoms with E-state index in [4.69, 9.17) is 5.73 Å². The molecule has 118 valence electrons. The van der Waals surface area contributed by atoms with Crippen LogP contribution in [0.1, 0.15) is 5.56 Å². The standard InChI is InChI=1S/C18H16N6/c19-17-3-1-2-15(8-17)18-12-24(23-22-18)11-13-4-6-14(7-5-13)16-9-20-21-10-16/h1-10,12H,11,19H2,(H,20,21). The Morgan fingerprint density at radius 1 is 1.00 bits per heavy atom. The van der Waals surface area contributed by atoms with E-state index in [1.54, 1.807) is 0 Å². The summed E-state index contributed by atoms with van der Waals surface area (Å²) in [5.74, 6) is 0. The Balaban J connectivity index is 1.52. The molecule has 2 heterocycles. The van der Waals surface area contributed by atoms with Crippen LogP contribution in [0, 0.1) is 0 Å². The molecular formula is C18H16N6. The highest BCUT2D eigenvalue weighted by Gasteiger charge is 2.05. The first-order valence-electron chi connectivity index (χ1n) is 7.62. The zero-order chi connectivity index (χ0) is 16.4. The molecule has 0 atom stereocenters. The summed E-state index contributed by atoms with van der Waals surface area (Å²) in [6, 6.07) is 16.0. The molecule has 6 nitrogen and oxygen atoms in total. The van der Waals surface area contributed by atoms with Gasteiger partial charge in [-0.2, -0.15) is 5.10 Å². The number of rotatable bonds is 4. The van der Waals surface area contributed by atoms with Gasteiger partial charge in [0.1, 0.15) is 5.69 Å². The molecule has 0 bridgehead atoms. The maximum Gasteiger partial charge on any atom is 0.113 e. The molecule has 0 aliphatic rings. The molecule has 0 spiro atoms. The van der Waals surface area contributed by atoms with Crippen molar-refractivity contribution >= 4 is 5.69 Å². The molecule has 0 saturated heterocycles. The number of nitrogens with one attached hydrogen (secondary N) is 1. The highest BCUT2D eigenvalue weighted by Crippen LogP contribution is 2.20. The lowest BCUT2D eigenvalue weighted by Crippen LogP contribution is -2.00. The SMILES string of the molecule is Nc1cccc(-c2cn(Cc3ccc(-c4cn[nH]c4)cc3)nn2)c1. The summed E-state index contributed by atoms with van der Waals surface area (Å²) in [6.07, 6.45) is 5.62. The molecule has 0 amide bonds. The van der Waals surface area contributed by atoms with Crippen LogP contribution in [0.4, 0.5) is 5.69 Å². The van der Waals surface area contributed by atoms with Crippen molar-refractivity contribution in [1.82, 2.24) is 25.2 Å². The van der Waals surface area contributed by atoms with E-state index in [9.17, 15) is 0 Å². The summed E-state index contributed by atoms with van der Waals surface area (Å²) in [6.45, 7) is 0.668. The molecule has 4 rings (SSSR count). The van der Waals surface area contributed by atoms with Gasteiger partial charge in [-0.3, -0.25) is 5.10 Å². The van der Waals surface area contributed by atoms with Gasteiger partial charge in [0, 0.05) is 23.0 Å². The summed E-state index contributed by atoms with van der Waals surface area (Å²) >= 11 is 0. The van der Waals surface area contributed by atoms with Crippen molar-refractivity contribution in [3.8, 4) is 22.4 Å². The number of nitrogens with zero attached hydrogens (tertiary/aromatic N) is 4. The number of aromatic nitrogens is 5. The Bertz CT molecular complexity index is 938. The maximum absolute atomic E-state index is 5.82. The lowest BCUT2D eigenvalue weighted by molar-refractivity contribution is 0.650. The van der Waals surface area contributed by atoms with Crippen molar-refractivity contribution in [2.24, 2.45) is 0 Å². The Morgan fingerprint density at radius 3 is 2.62 bits per heavy atom. The molecule has 0 radical (unpaired) electrons. The summed E-state index contributed by atoms with van der Waals surface area (Å²) in [5.41, 5.74) is 11.7. The van der Waals surface area contributed by atoms with Gasteiger partial charge in [0.05, 0.1) is 18.9 Å². The van der Waals surface area contributed by atoms with Crippen molar-refractivity contribution in [1.29, 1.82) is 0 Å². The molecule has 6 heteroatoms. The molecule has 24 heavy (non-hydrogen) atoms. The second-order valence-corrected chi connectivity index (χ2v) is 5.61. The first-order chi connectivity index (χ1) is 11.8. The number of hydrogen-bond acceptors (Lipinski definition) is 4. The molecular weight excluding hydrogens is 300 g/mol. The number of aromatic amines is 1. The fraction of sp³-hybridized carbons (Fsp3) is 0.0556. The summed E-state index contributed by atoms with van der Waals surface area (Å²) in [7, 11) is 0. The molecule has 2 aromatic carbocycles. The molecule has 3 N–H and O–H groups in total. The van der Waals surface area contributed by atoms with Crippen molar-refractivity contribution in [2.45, 2.75) is 6.54 Å². The summed E-state index contributed by atoms with van der Waals surface area (Å²) < 4.78 is 1.82. The highest BCUT2D eigenvalue weighted by atomic mass is 15.4. The van der Waals surface area contributed by atoms with Gasteiger partial charge in [-0.05, 0) is 23.3 Å². The van der Waals surface area contributed by atoms with Crippen LogP contribution in [0.5, 0.6) is 0 Å². The van der Waals surface area contributed by atoms with Crippen LogP contribution in [0.15, 0.2) is 67.1 Å². The van der Waals surface area contributed by atoms with E-state index in [1.807, 2.05) is 47.5 Å². The number of nitrogens with two attached hydrogens (primary N) is 1. The third-order valence-electron chi connectivity index (χ3n) is 3.85. The third-order valence-corrected chi connectivity index (χ3v) is 3.85. The zero-order valence-corrected chi connectivity index (χ0v) is 12.9. The topological polar surface area (TPSA) is 85.4 Å². The predicted molar refractivity (Wildman–Crippen MR) is 93.0 cm³/mol. The maximum atomic E-state index is 5.82. The minimum absolute atomic E-state index is 0.668. The van der Waals surface area contributed by atoms with Gasteiger partial charge < -0.3 is 5.73 Å². The molecule has 0 aliphatic heterocycles. The van der Waals surface area contributed by atoms with Crippen LogP contribution in [-0.2, 0) is 6.54 Å². The Kier molecular flexibility index (Phi) is 3.55. The van der Waals surface area contributed by atoms with Crippen LogP contribution >= 0.6 is 0 Å². The average Bonchev–Trinajstić information content (AvgIpc) is 3.27. The van der Waals surface area contributed by atoms with E-state index in [0.29, 0.717) is 6.54 Å². The van der Waals surface area contributed by atoms with Crippen LogP contribution in [0.3, 0.4) is 0 Å². The van der Waals surface area contributed by atoms with E-state index < -0.39 is 0 Å². The van der Waals surface area contributed by atoms with Crippen molar-refractivity contribution in [2.75, 3.05) is 5.73 Å². The molecule has 0 unspecified atom stereocenters. The molecule has 0 aliphatic carbocycles. The van der Waals surface area contributed by atoms with Gasteiger partial charge >= 0.3 is 0 Å². The molecule has 2 aromatic heterocycles. The summed E-state index contributed by atoms with van der Waals surface area (Å²) in [4.78, 5) is 0. The smallest absolute Gasteiger partial charge is 0.113 e. The monoisotopic (exact) mass is 316 g/mol. The number of anilines is 1. The van der Waals surface area contributed by atoms with Gasteiger partial charge in [-0.25, -0.2) is 4.68 Å². The first-order valence-corrected chi connectivity index (χ1v) is 7.62. The van der Waals surface area contributed by atoms with Gasteiger partial charge in [0.2, 0.25) is 0 Å². The number of benzene rings is 2. The lowest BCUT2D eigenvalue weighted by Gasteiger charge is -2.03. The quantitative estimate of drug-likeness (QED) is 0.567. The molecule has 0 fully saturated rings. The fourth-order valence-electron chi connectivity index (χ4n) is 2.60. The second kappa shape index (κ2) is 6.00. The lowest BCUT2D eigenvalue weighted by atomic mass is 10.1. The van der Waals surface area contributed by atoms with E-state index in [-0.39, 0.29) is 0 Å². The largest absolute Gasteiger partial charge is 0.399 e. The van der Waals surface area contributed by atoms with Crippen LogP contribution in [0.25, 0.3) is 22.4 Å². The van der Waals surface area contributed by atoms with E-state index in [0.717, 1.165) is 33.6 Å². The third kappa shape index (κ3) is 2.89. The van der Waals surface area contributed by atoms with Gasteiger partial charge in [0.15, 0.2) is 0 Å². The van der Waals surface area contributed by atoms with E-state index in [2.05, 4.69) is 44.8 Å². The number of hydrogen-bond donors (Lipinski definition) is 2. The zero-order valence-electron chi connectivity index (χ0n) is 12.9. The Morgan fingerprint density at radius 2 is 1.88 bits per heavy atom. The van der Waals surface area contributed by atoms with Crippen molar-refractivity contribution in [3.05, 3.63) is 72.7 Å². The molecule has 0 saturated carbocycles. The van der Waals surface area contributed by atoms with Gasteiger partial charge in [-0.15, -0.1) is 5.10 Å². The number of H-pyrrole nitrogens is 1. The number of nitrogen functional groups attached to an aromatic ring is 1. The highest BCUT2D eigenvalue weighted by molar-refractivity contribution is 5.63. The fourth-order valence-corrected chi connectivity index (χ4v) is 2.60. The van der Waals surface area contributed by atoms with Crippen molar-refractivity contribution in [3.63, 3.8) is 0 Å². The van der Waals surface area contributed by atoms with Gasteiger partial charge in [-0.1, -0.05) is 41.6 Å². The van der Waals surface area contributed by atoms with Gasteiger partial charge in [0.25, 0.3) is 0 Å². The van der Waals surface area contributed by atoms with Crippen LogP contribution in [-0.4, -0.2) is 25.2 Å². The second-order valence-electron chi connectivity index (χ2n) is 5.61. The van der Waals surface area contributed by atoms with E-state index in [1.165, 1.54) is 0 Å². The average molecular weight is 316 g/mol. The van der Waals surface area contributed by atoms with Crippen LogP contribution < -0.4 is 5.73 Å². The Hall–Kier alpha value is -3.41. The first kappa shape index (κ1) is 14.2. The van der Waals surface area contributed by atoms with Crippen molar-refractivity contribution < 1.29 is 0 Å².